The van der Waals surface area contributed by atoms with E-state index < -0.39 is 17.9 Å². The van der Waals surface area contributed by atoms with Crippen molar-refractivity contribution in [1.82, 2.24) is 5.32 Å². The molecule has 0 aliphatic rings. The van der Waals surface area contributed by atoms with E-state index in [0.29, 0.717) is 16.4 Å². The van der Waals surface area contributed by atoms with Gasteiger partial charge in [-0.1, -0.05) is 12.1 Å². The predicted molar refractivity (Wildman–Crippen MR) is 109 cm³/mol. The number of hydrogen-bond acceptors (Lipinski definition) is 7. The topological polar surface area (TPSA) is 117 Å². The highest BCUT2D eigenvalue weighted by Gasteiger charge is 2.23. The molecule has 3 N–H and O–H groups in total. The number of benzene rings is 2. The smallest absolute Gasteiger partial charge is 0.253 e. The molecule has 2 amide bonds. The summed E-state index contributed by atoms with van der Waals surface area (Å²) in [5.74, 6) is -0.219. The third-order valence-corrected chi connectivity index (χ3v) is 5.01. The standard InChI is InChI=1S/C20H22N2O6S/c1-11(18(21)23)22-19(24)12-7-5-6-8-15(12)29-20(25)13-9-10-14(26-2)17(28-4)16(13)27-3/h5-11H,1-4H3,(H2,21,23)(H,22,24)/t11-/m0/s1. The third-order valence-electron chi connectivity index (χ3n) is 4.03. The van der Waals surface area contributed by atoms with Crippen molar-refractivity contribution >= 4 is 28.7 Å². The zero-order valence-electron chi connectivity index (χ0n) is 16.5. The molecule has 0 aromatic heterocycles. The van der Waals surface area contributed by atoms with E-state index in [9.17, 15) is 14.4 Å². The van der Waals surface area contributed by atoms with E-state index in [2.05, 4.69) is 5.32 Å². The van der Waals surface area contributed by atoms with E-state index in [4.69, 9.17) is 19.9 Å². The lowest BCUT2D eigenvalue weighted by Gasteiger charge is -2.15. The number of amides is 2. The first kappa shape index (κ1) is 22.1. The highest BCUT2D eigenvalue weighted by atomic mass is 32.2. The van der Waals surface area contributed by atoms with Gasteiger partial charge in [0.05, 0.1) is 32.5 Å². The number of carbonyl (C=O) groups is 3. The van der Waals surface area contributed by atoms with E-state index in [1.165, 1.54) is 28.3 Å². The van der Waals surface area contributed by atoms with Crippen LogP contribution in [0.3, 0.4) is 0 Å². The second kappa shape index (κ2) is 9.83. The Kier molecular flexibility index (Phi) is 7.49. The molecule has 8 nitrogen and oxygen atoms in total. The van der Waals surface area contributed by atoms with Crippen molar-refractivity contribution in [2.45, 2.75) is 17.9 Å². The number of thioether (sulfide) groups is 1. The Morgan fingerprint density at radius 1 is 0.931 bits per heavy atom. The van der Waals surface area contributed by atoms with Crippen molar-refractivity contribution in [3.05, 3.63) is 47.5 Å². The van der Waals surface area contributed by atoms with Crippen molar-refractivity contribution < 1.29 is 28.6 Å². The van der Waals surface area contributed by atoms with Gasteiger partial charge < -0.3 is 25.3 Å². The quantitative estimate of drug-likeness (QED) is 0.632. The molecule has 0 bridgehead atoms. The average Bonchev–Trinajstić information content (AvgIpc) is 2.72. The molecular weight excluding hydrogens is 396 g/mol. The van der Waals surface area contributed by atoms with Crippen LogP contribution in [0.2, 0.25) is 0 Å². The molecular formula is C20H22N2O6S. The van der Waals surface area contributed by atoms with E-state index in [1.54, 1.807) is 36.4 Å². The van der Waals surface area contributed by atoms with Crippen LogP contribution >= 0.6 is 11.8 Å². The summed E-state index contributed by atoms with van der Waals surface area (Å²) in [7, 11) is 4.35. The molecule has 2 rings (SSSR count). The molecule has 2 aromatic rings. The van der Waals surface area contributed by atoms with Crippen molar-refractivity contribution in [2.24, 2.45) is 5.73 Å². The van der Waals surface area contributed by atoms with Crippen LogP contribution in [-0.4, -0.2) is 44.3 Å². The van der Waals surface area contributed by atoms with Crippen LogP contribution in [0, 0.1) is 0 Å². The van der Waals surface area contributed by atoms with E-state index in [1.807, 2.05) is 0 Å². The number of methoxy groups -OCH3 is 3. The van der Waals surface area contributed by atoms with Crippen LogP contribution in [0.15, 0.2) is 41.3 Å². The Bertz CT molecular complexity index is 931. The molecule has 29 heavy (non-hydrogen) atoms. The van der Waals surface area contributed by atoms with Crippen LogP contribution in [0.1, 0.15) is 27.6 Å². The Morgan fingerprint density at radius 2 is 1.59 bits per heavy atom. The SMILES string of the molecule is COc1ccc(C(=O)Sc2ccccc2C(=O)N[C@@H](C)C(N)=O)c(OC)c1OC. The fraction of sp³-hybridized carbons (Fsp3) is 0.250. The van der Waals surface area contributed by atoms with Gasteiger partial charge in [0.15, 0.2) is 11.5 Å². The molecule has 0 fully saturated rings. The lowest BCUT2D eigenvalue weighted by atomic mass is 10.2. The van der Waals surface area contributed by atoms with Crippen molar-refractivity contribution in [3.8, 4) is 17.2 Å². The average molecular weight is 418 g/mol. The van der Waals surface area contributed by atoms with Crippen LogP contribution in [-0.2, 0) is 4.79 Å². The Balaban J connectivity index is 2.35. The van der Waals surface area contributed by atoms with Gasteiger partial charge in [0.25, 0.3) is 5.91 Å². The largest absolute Gasteiger partial charge is 0.493 e. The maximum absolute atomic E-state index is 12.9. The molecule has 0 unspecified atom stereocenters. The molecule has 1 atom stereocenters. The van der Waals surface area contributed by atoms with E-state index in [0.717, 1.165) is 11.8 Å². The predicted octanol–water partition coefficient (Wildman–Crippen LogP) is 2.25. The highest BCUT2D eigenvalue weighted by Crippen LogP contribution is 2.42. The van der Waals surface area contributed by atoms with Crippen LogP contribution < -0.4 is 25.3 Å². The number of ether oxygens (including phenoxy) is 3. The zero-order chi connectivity index (χ0) is 21.6. The molecule has 2 aromatic carbocycles. The minimum absolute atomic E-state index is 0.230. The number of carbonyl (C=O) groups excluding carboxylic acids is 3. The Labute approximate surface area is 172 Å². The van der Waals surface area contributed by atoms with Gasteiger partial charge in [-0.2, -0.15) is 0 Å². The van der Waals surface area contributed by atoms with Gasteiger partial charge in [-0.05, 0) is 43.0 Å². The fourth-order valence-electron chi connectivity index (χ4n) is 2.51. The number of nitrogens with two attached hydrogens (primary N) is 1. The first-order valence-corrected chi connectivity index (χ1v) is 9.36. The van der Waals surface area contributed by atoms with Crippen molar-refractivity contribution in [3.63, 3.8) is 0 Å². The van der Waals surface area contributed by atoms with Gasteiger partial charge in [-0.25, -0.2) is 0 Å². The first-order valence-electron chi connectivity index (χ1n) is 8.54. The summed E-state index contributed by atoms with van der Waals surface area (Å²) in [5, 5.41) is 2.15. The van der Waals surface area contributed by atoms with E-state index in [-0.39, 0.29) is 22.0 Å². The van der Waals surface area contributed by atoms with Gasteiger partial charge in [0.1, 0.15) is 6.04 Å². The monoisotopic (exact) mass is 418 g/mol. The maximum atomic E-state index is 12.9. The fourth-order valence-corrected chi connectivity index (χ4v) is 3.39. The number of primary amides is 1. The molecule has 0 heterocycles. The lowest BCUT2D eigenvalue weighted by molar-refractivity contribution is -0.119. The summed E-state index contributed by atoms with van der Waals surface area (Å²) in [5.41, 5.74) is 5.70. The van der Waals surface area contributed by atoms with Crippen molar-refractivity contribution in [1.29, 1.82) is 0 Å². The van der Waals surface area contributed by atoms with Crippen LogP contribution in [0.5, 0.6) is 17.2 Å². The van der Waals surface area contributed by atoms with Gasteiger partial charge in [0, 0.05) is 4.90 Å². The summed E-state index contributed by atoms with van der Waals surface area (Å²) < 4.78 is 15.9. The Morgan fingerprint density at radius 3 is 2.17 bits per heavy atom. The molecule has 154 valence electrons. The van der Waals surface area contributed by atoms with Gasteiger partial charge in [-0.3, -0.25) is 14.4 Å². The summed E-state index contributed by atoms with van der Waals surface area (Å²) in [6, 6.07) is 8.88. The molecule has 0 aliphatic carbocycles. The minimum Gasteiger partial charge on any atom is -0.493 e. The highest BCUT2D eigenvalue weighted by molar-refractivity contribution is 8.14. The molecule has 0 radical (unpaired) electrons. The molecule has 9 heteroatoms. The summed E-state index contributed by atoms with van der Waals surface area (Å²) in [6.07, 6.45) is 0. The summed E-state index contributed by atoms with van der Waals surface area (Å²) >= 11 is 0.857. The molecule has 0 saturated heterocycles. The van der Waals surface area contributed by atoms with E-state index >= 15 is 0 Å². The molecule has 0 spiro atoms. The zero-order valence-corrected chi connectivity index (χ0v) is 17.3. The second-order valence-electron chi connectivity index (χ2n) is 5.87. The van der Waals surface area contributed by atoms with Gasteiger partial charge >= 0.3 is 0 Å². The van der Waals surface area contributed by atoms with Gasteiger partial charge in [-0.15, -0.1) is 0 Å². The normalized spacial score (nSPS) is 11.3. The first-order chi connectivity index (χ1) is 13.8. The minimum atomic E-state index is -0.845. The van der Waals surface area contributed by atoms with Gasteiger partial charge in [0.2, 0.25) is 16.8 Å². The van der Waals surface area contributed by atoms with Crippen LogP contribution in [0.25, 0.3) is 0 Å². The Hall–Kier alpha value is -3.20. The lowest BCUT2D eigenvalue weighted by Crippen LogP contribution is -2.42. The molecule has 0 aliphatic heterocycles. The van der Waals surface area contributed by atoms with Crippen LogP contribution in [0.4, 0.5) is 0 Å². The second-order valence-corrected chi connectivity index (χ2v) is 6.88. The van der Waals surface area contributed by atoms with Crippen molar-refractivity contribution in [2.75, 3.05) is 21.3 Å². The number of nitrogens with one attached hydrogen (secondary N) is 1. The summed E-state index contributed by atoms with van der Waals surface area (Å²) in [4.78, 5) is 37.1. The summed E-state index contributed by atoms with van der Waals surface area (Å²) in [6.45, 7) is 1.48. The number of rotatable bonds is 8. The third kappa shape index (κ3) is 5.00. The maximum Gasteiger partial charge on any atom is 0.253 e. The molecule has 0 saturated carbocycles. The number of hydrogen-bond donors (Lipinski definition) is 2.